The molecule has 25 heavy (non-hydrogen) atoms. The van der Waals surface area contributed by atoms with Gasteiger partial charge in [0.15, 0.2) is 0 Å². The van der Waals surface area contributed by atoms with Crippen molar-refractivity contribution in [3.8, 4) is 0 Å². The summed E-state index contributed by atoms with van der Waals surface area (Å²) in [6.07, 6.45) is 3.25. The lowest BCUT2D eigenvalue weighted by molar-refractivity contribution is -0.116. The van der Waals surface area contributed by atoms with Gasteiger partial charge in [0.1, 0.15) is 17.5 Å². The van der Waals surface area contributed by atoms with E-state index in [-0.39, 0.29) is 5.91 Å². The van der Waals surface area contributed by atoms with Crippen LogP contribution in [0, 0.1) is 6.92 Å². The van der Waals surface area contributed by atoms with Crippen LogP contribution in [0.5, 0.6) is 0 Å². The van der Waals surface area contributed by atoms with Crippen LogP contribution in [0.3, 0.4) is 0 Å². The first-order valence-electron chi connectivity index (χ1n) is 8.11. The van der Waals surface area contributed by atoms with Crippen molar-refractivity contribution in [3.63, 3.8) is 0 Å². The minimum absolute atomic E-state index is 0.149. The number of nitrogens with one attached hydrogen (secondary N) is 3. The first-order chi connectivity index (χ1) is 12.1. The maximum atomic E-state index is 11.8. The van der Waals surface area contributed by atoms with Crippen LogP contribution >= 0.6 is 11.6 Å². The van der Waals surface area contributed by atoms with Crippen LogP contribution < -0.4 is 16.0 Å². The van der Waals surface area contributed by atoms with Crippen LogP contribution in [0.15, 0.2) is 36.4 Å². The molecule has 2 rings (SSSR count). The van der Waals surface area contributed by atoms with E-state index in [9.17, 15) is 4.79 Å². The number of aromatic nitrogens is 2. The molecule has 6 nitrogen and oxygen atoms in total. The number of rotatable bonds is 8. The van der Waals surface area contributed by atoms with Crippen molar-refractivity contribution < 1.29 is 4.79 Å². The lowest BCUT2D eigenvalue weighted by atomic mass is 10.2. The molecular weight excluding hydrogens is 338 g/mol. The highest BCUT2D eigenvalue weighted by atomic mass is 35.5. The molecule has 0 bridgehead atoms. The lowest BCUT2D eigenvalue weighted by Gasteiger charge is -2.09. The summed E-state index contributed by atoms with van der Waals surface area (Å²) in [7, 11) is 0. The normalized spacial score (nSPS) is 10.7. The van der Waals surface area contributed by atoms with Crippen molar-refractivity contribution in [2.24, 2.45) is 0 Å². The van der Waals surface area contributed by atoms with Crippen LogP contribution in [-0.4, -0.2) is 35.5 Å². The molecule has 0 aliphatic rings. The van der Waals surface area contributed by atoms with Gasteiger partial charge in [-0.05, 0) is 37.6 Å². The first kappa shape index (κ1) is 18.7. The van der Waals surface area contributed by atoms with Crippen LogP contribution in [-0.2, 0) is 4.79 Å². The van der Waals surface area contributed by atoms with Gasteiger partial charge in [-0.3, -0.25) is 4.79 Å². The smallest absolute Gasteiger partial charge is 0.244 e. The zero-order chi connectivity index (χ0) is 18.1. The van der Waals surface area contributed by atoms with Gasteiger partial charge in [-0.2, -0.15) is 0 Å². The molecular formula is C18H22ClN5O. The van der Waals surface area contributed by atoms with E-state index < -0.39 is 0 Å². The highest BCUT2D eigenvalue weighted by Crippen LogP contribution is 2.11. The summed E-state index contributed by atoms with van der Waals surface area (Å²) in [4.78, 5) is 20.4. The maximum Gasteiger partial charge on any atom is 0.244 e. The molecule has 1 aromatic carbocycles. The number of amides is 1. The van der Waals surface area contributed by atoms with Crippen molar-refractivity contribution in [3.05, 3.63) is 52.8 Å². The topological polar surface area (TPSA) is 78.9 Å². The number of benzene rings is 1. The SMILES string of the molecule is CCNc1cc(NCCNC(=O)/C=C/c2ccc(Cl)cc2)nc(C)n1. The Labute approximate surface area is 152 Å². The van der Waals surface area contributed by atoms with E-state index in [2.05, 4.69) is 25.9 Å². The van der Waals surface area contributed by atoms with Gasteiger partial charge < -0.3 is 16.0 Å². The van der Waals surface area contributed by atoms with Gasteiger partial charge in [0.25, 0.3) is 0 Å². The van der Waals surface area contributed by atoms with Crippen molar-refractivity contribution in [2.45, 2.75) is 13.8 Å². The molecule has 0 saturated heterocycles. The average molecular weight is 360 g/mol. The van der Waals surface area contributed by atoms with Gasteiger partial charge in [-0.1, -0.05) is 23.7 Å². The third-order valence-electron chi connectivity index (χ3n) is 3.22. The summed E-state index contributed by atoms with van der Waals surface area (Å²) in [5.41, 5.74) is 0.921. The van der Waals surface area contributed by atoms with E-state index in [0.717, 1.165) is 23.7 Å². The number of aryl methyl sites for hydroxylation is 1. The van der Waals surface area contributed by atoms with E-state index in [0.29, 0.717) is 23.9 Å². The lowest BCUT2D eigenvalue weighted by Crippen LogP contribution is -2.27. The van der Waals surface area contributed by atoms with Gasteiger partial charge in [-0.15, -0.1) is 0 Å². The van der Waals surface area contributed by atoms with E-state index in [4.69, 9.17) is 11.6 Å². The van der Waals surface area contributed by atoms with Crippen LogP contribution in [0.2, 0.25) is 5.02 Å². The summed E-state index contributed by atoms with van der Waals surface area (Å²) in [5, 5.41) is 9.82. The maximum absolute atomic E-state index is 11.8. The molecule has 0 atom stereocenters. The largest absolute Gasteiger partial charge is 0.370 e. The minimum Gasteiger partial charge on any atom is -0.370 e. The molecule has 0 radical (unpaired) electrons. The minimum atomic E-state index is -0.149. The standard InChI is InChI=1S/C18H22ClN5O/c1-3-20-16-12-17(24-13(2)23-16)21-10-11-22-18(25)9-6-14-4-7-15(19)8-5-14/h4-9,12H,3,10-11H2,1-2H3,(H,22,25)(H2,20,21,23,24)/b9-6+. The molecule has 1 heterocycles. The number of carbonyl (C=O) groups excluding carboxylic acids is 1. The fraction of sp³-hybridized carbons (Fsp3) is 0.278. The van der Waals surface area contributed by atoms with Gasteiger partial charge in [0, 0.05) is 36.8 Å². The average Bonchev–Trinajstić information content (AvgIpc) is 2.58. The number of halogens is 1. The molecule has 0 saturated carbocycles. The second-order valence-electron chi connectivity index (χ2n) is 5.32. The molecule has 0 aliphatic heterocycles. The molecule has 1 amide bonds. The molecule has 1 aromatic heterocycles. The molecule has 3 N–H and O–H groups in total. The summed E-state index contributed by atoms with van der Waals surface area (Å²) >= 11 is 5.82. The van der Waals surface area contributed by atoms with E-state index in [1.54, 1.807) is 18.2 Å². The molecule has 0 fully saturated rings. The Bertz CT molecular complexity index is 731. The second kappa shape index (κ2) is 9.64. The number of carbonyl (C=O) groups is 1. The van der Waals surface area contributed by atoms with Crippen molar-refractivity contribution >= 4 is 35.2 Å². The van der Waals surface area contributed by atoms with Gasteiger partial charge in [-0.25, -0.2) is 9.97 Å². The predicted molar refractivity (Wildman–Crippen MR) is 103 cm³/mol. The highest BCUT2D eigenvalue weighted by molar-refractivity contribution is 6.30. The Balaban J connectivity index is 1.75. The number of nitrogens with zero attached hydrogens (tertiary/aromatic N) is 2. The zero-order valence-corrected chi connectivity index (χ0v) is 15.1. The number of hydrogen-bond acceptors (Lipinski definition) is 5. The molecule has 0 aliphatic carbocycles. The van der Waals surface area contributed by atoms with Crippen LogP contribution in [0.4, 0.5) is 11.6 Å². The molecule has 7 heteroatoms. The van der Waals surface area contributed by atoms with Crippen LogP contribution in [0.1, 0.15) is 18.3 Å². The van der Waals surface area contributed by atoms with Gasteiger partial charge >= 0.3 is 0 Å². The molecule has 132 valence electrons. The van der Waals surface area contributed by atoms with Crippen LogP contribution in [0.25, 0.3) is 6.08 Å². The van der Waals surface area contributed by atoms with Crippen molar-refractivity contribution in [1.29, 1.82) is 0 Å². The first-order valence-corrected chi connectivity index (χ1v) is 8.49. The molecule has 0 spiro atoms. The van der Waals surface area contributed by atoms with Gasteiger partial charge in [0.2, 0.25) is 5.91 Å². The zero-order valence-electron chi connectivity index (χ0n) is 14.3. The predicted octanol–water partition coefficient (Wildman–Crippen LogP) is 3.11. The summed E-state index contributed by atoms with van der Waals surface area (Å²) in [5.74, 6) is 2.06. The van der Waals surface area contributed by atoms with E-state index in [1.807, 2.05) is 32.0 Å². The molecule has 0 unspecified atom stereocenters. The Hall–Kier alpha value is -2.60. The Morgan fingerprint density at radius 2 is 1.80 bits per heavy atom. The van der Waals surface area contributed by atoms with Gasteiger partial charge in [0.05, 0.1) is 0 Å². The van der Waals surface area contributed by atoms with E-state index >= 15 is 0 Å². The van der Waals surface area contributed by atoms with E-state index in [1.165, 1.54) is 6.08 Å². The summed E-state index contributed by atoms with van der Waals surface area (Å²) in [6, 6.07) is 9.13. The highest BCUT2D eigenvalue weighted by Gasteiger charge is 2.01. The fourth-order valence-electron chi connectivity index (χ4n) is 2.11. The monoisotopic (exact) mass is 359 g/mol. The third-order valence-corrected chi connectivity index (χ3v) is 3.48. The summed E-state index contributed by atoms with van der Waals surface area (Å²) < 4.78 is 0. The quantitative estimate of drug-likeness (QED) is 0.498. The Kier molecular flexibility index (Phi) is 7.22. The fourth-order valence-corrected chi connectivity index (χ4v) is 2.24. The number of anilines is 2. The Morgan fingerprint density at radius 3 is 2.48 bits per heavy atom. The second-order valence-corrected chi connectivity index (χ2v) is 5.76. The molecule has 2 aromatic rings. The summed E-state index contributed by atoms with van der Waals surface area (Å²) in [6.45, 7) is 5.71. The van der Waals surface area contributed by atoms with Crippen molar-refractivity contribution in [1.82, 2.24) is 15.3 Å². The Morgan fingerprint density at radius 1 is 1.12 bits per heavy atom. The number of hydrogen-bond donors (Lipinski definition) is 3. The third kappa shape index (κ3) is 6.81. The van der Waals surface area contributed by atoms with Crippen molar-refractivity contribution in [2.75, 3.05) is 30.3 Å².